The summed E-state index contributed by atoms with van der Waals surface area (Å²) >= 11 is 0. The Morgan fingerprint density at radius 2 is 0.800 bits per heavy atom. The molecule has 2 amide bonds. The molecule has 2 N–H and O–H groups in total. The minimum Gasteiger partial charge on any atom is -0.316 e. The summed E-state index contributed by atoms with van der Waals surface area (Å²) in [5, 5.41) is 2.34. The summed E-state index contributed by atoms with van der Waals surface area (Å²) in [6.45, 7) is 0. The van der Waals surface area contributed by atoms with Gasteiger partial charge in [0.2, 0.25) is 0 Å². The second kappa shape index (κ2) is 10.3. The molecule has 0 spiro atoms. The summed E-state index contributed by atoms with van der Waals surface area (Å²) in [6.07, 6.45) is -11.8. The maximum absolute atomic E-state index is 14.0. The molecule has 2 aromatic carbocycles. The lowest BCUT2D eigenvalue weighted by atomic mass is 10.1. The molecule has 1 heterocycles. The Morgan fingerprint density at radius 3 is 1.05 bits per heavy atom. The second-order valence-corrected chi connectivity index (χ2v) is 7.32. The third kappa shape index (κ3) is 5.34. The van der Waals surface area contributed by atoms with Crippen LogP contribution in [0.3, 0.4) is 0 Å². The lowest BCUT2D eigenvalue weighted by molar-refractivity contribution is -0.144. The Morgan fingerprint density at radius 1 is 0.525 bits per heavy atom. The summed E-state index contributed by atoms with van der Waals surface area (Å²) in [5.74, 6) is -26.1. The number of rotatable bonds is 4. The van der Waals surface area contributed by atoms with Gasteiger partial charge in [0.15, 0.2) is 46.5 Å². The molecule has 0 atom stereocenters. The van der Waals surface area contributed by atoms with Gasteiger partial charge in [0.05, 0.1) is 0 Å². The van der Waals surface area contributed by atoms with Gasteiger partial charge in [0, 0.05) is 0 Å². The highest BCUT2D eigenvalue weighted by Gasteiger charge is 2.44. The molecule has 0 fully saturated rings. The number of hydrogen-bond acceptors (Lipinski definition) is 3. The highest BCUT2D eigenvalue weighted by Crippen LogP contribution is 2.40. The number of halogens is 14. The molecule has 5 nitrogen and oxygen atoms in total. The number of anilines is 2. The van der Waals surface area contributed by atoms with E-state index in [2.05, 4.69) is 4.98 Å². The van der Waals surface area contributed by atoms with E-state index in [0.717, 1.165) is 6.07 Å². The standard InChI is InChI=1S/C21H5F14N3O2/c22-8-6(20(30,31)32)9(23)13(27)16(12(8)26)37-18(39)4-2-1-3-5(36-4)19(40)38-17-14(28)10(24)7(21(33,34)35)11(25)15(17)29/h1-3H,(H,37,39)(H,38,40). The summed E-state index contributed by atoms with van der Waals surface area (Å²) in [7, 11) is 0. The molecule has 3 aromatic rings. The molecule has 19 heteroatoms. The molecular weight excluding hydrogens is 592 g/mol. The number of hydrogen-bond donors (Lipinski definition) is 2. The van der Waals surface area contributed by atoms with Gasteiger partial charge in [0.25, 0.3) is 11.8 Å². The van der Waals surface area contributed by atoms with Crippen molar-refractivity contribution in [2.45, 2.75) is 12.4 Å². The molecule has 0 aliphatic rings. The van der Waals surface area contributed by atoms with Gasteiger partial charge in [-0.05, 0) is 12.1 Å². The number of pyridine rings is 1. The van der Waals surface area contributed by atoms with Gasteiger partial charge in [-0.15, -0.1) is 0 Å². The van der Waals surface area contributed by atoms with E-state index in [9.17, 15) is 71.1 Å². The second-order valence-electron chi connectivity index (χ2n) is 7.32. The number of nitrogens with one attached hydrogen (secondary N) is 2. The van der Waals surface area contributed by atoms with Crippen molar-refractivity contribution in [2.24, 2.45) is 0 Å². The van der Waals surface area contributed by atoms with Gasteiger partial charge in [-0.3, -0.25) is 9.59 Å². The SMILES string of the molecule is O=C(Nc1c(F)c(F)c(C(F)(F)F)c(F)c1F)c1cccc(C(=O)Nc2c(F)c(F)c(C(F)(F)F)c(F)c2F)n1. The number of amides is 2. The molecule has 0 aliphatic heterocycles. The highest BCUT2D eigenvalue weighted by atomic mass is 19.4. The lowest BCUT2D eigenvalue weighted by Crippen LogP contribution is -2.23. The van der Waals surface area contributed by atoms with E-state index in [1.54, 1.807) is 0 Å². The van der Waals surface area contributed by atoms with E-state index < -0.39 is 105 Å². The monoisotopic (exact) mass is 597 g/mol. The van der Waals surface area contributed by atoms with Crippen LogP contribution < -0.4 is 10.6 Å². The largest absolute Gasteiger partial charge is 0.422 e. The number of alkyl halides is 6. The van der Waals surface area contributed by atoms with Crippen molar-refractivity contribution in [3.8, 4) is 0 Å². The quantitative estimate of drug-likeness (QED) is 0.259. The van der Waals surface area contributed by atoms with Gasteiger partial charge in [0.1, 0.15) is 33.9 Å². The predicted octanol–water partition coefficient (Wildman–Crippen LogP) is 6.74. The third-order valence-electron chi connectivity index (χ3n) is 4.79. The average molecular weight is 597 g/mol. The maximum Gasteiger partial charge on any atom is 0.422 e. The molecule has 0 aliphatic carbocycles. The van der Waals surface area contributed by atoms with E-state index in [0.29, 0.717) is 12.1 Å². The first-order valence-electron chi connectivity index (χ1n) is 9.75. The van der Waals surface area contributed by atoms with Crippen LogP contribution in [0.15, 0.2) is 18.2 Å². The zero-order valence-electron chi connectivity index (χ0n) is 18.3. The van der Waals surface area contributed by atoms with Crippen LogP contribution in [0, 0.1) is 46.5 Å². The number of benzene rings is 2. The molecule has 0 bridgehead atoms. The van der Waals surface area contributed by atoms with E-state index >= 15 is 0 Å². The molecule has 40 heavy (non-hydrogen) atoms. The summed E-state index contributed by atoms with van der Waals surface area (Å²) in [4.78, 5) is 27.7. The smallest absolute Gasteiger partial charge is 0.316 e. The van der Waals surface area contributed by atoms with Gasteiger partial charge in [-0.25, -0.2) is 40.1 Å². The molecule has 0 unspecified atom stereocenters. The fraction of sp³-hybridized carbons (Fsp3) is 0.0952. The Kier molecular flexibility index (Phi) is 7.72. The van der Waals surface area contributed by atoms with Crippen molar-refractivity contribution in [1.29, 1.82) is 0 Å². The van der Waals surface area contributed by atoms with Crippen molar-refractivity contribution in [1.82, 2.24) is 4.98 Å². The van der Waals surface area contributed by atoms with Crippen LogP contribution in [-0.2, 0) is 12.4 Å². The first-order chi connectivity index (χ1) is 18.3. The van der Waals surface area contributed by atoms with Crippen LogP contribution in [0.2, 0.25) is 0 Å². The van der Waals surface area contributed by atoms with Crippen LogP contribution in [-0.4, -0.2) is 16.8 Å². The normalized spacial score (nSPS) is 11.9. The first kappa shape index (κ1) is 30.1. The molecule has 0 saturated carbocycles. The van der Waals surface area contributed by atoms with Crippen molar-refractivity contribution in [3.63, 3.8) is 0 Å². The van der Waals surface area contributed by atoms with Gasteiger partial charge >= 0.3 is 12.4 Å². The molecule has 0 saturated heterocycles. The van der Waals surface area contributed by atoms with Gasteiger partial charge < -0.3 is 10.6 Å². The number of carbonyl (C=O) groups is 2. The summed E-state index contributed by atoms with van der Waals surface area (Å²) < 4.78 is 187. The first-order valence-corrected chi connectivity index (χ1v) is 9.75. The maximum atomic E-state index is 14.0. The number of carbonyl (C=O) groups excluding carboxylic acids is 2. The Balaban J connectivity index is 1.94. The summed E-state index contributed by atoms with van der Waals surface area (Å²) in [5.41, 5.74) is -12.2. The van der Waals surface area contributed by atoms with Crippen LogP contribution in [0.1, 0.15) is 32.1 Å². The van der Waals surface area contributed by atoms with Crippen molar-refractivity contribution >= 4 is 23.2 Å². The molecule has 214 valence electrons. The van der Waals surface area contributed by atoms with E-state index in [-0.39, 0.29) is 0 Å². The fourth-order valence-corrected chi connectivity index (χ4v) is 3.02. The minimum absolute atomic E-state index is 0.636. The highest BCUT2D eigenvalue weighted by molar-refractivity contribution is 6.06. The Bertz CT molecular complexity index is 1380. The average Bonchev–Trinajstić information content (AvgIpc) is 2.85. The van der Waals surface area contributed by atoms with Crippen LogP contribution >= 0.6 is 0 Å². The van der Waals surface area contributed by atoms with Gasteiger partial charge in [-0.2, -0.15) is 26.3 Å². The van der Waals surface area contributed by atoms with Crippen LogP contribution in [0.25, 0.3) is 0 Å². The van der Waals surface area contributed by atoms with E-state index in [4.69, 9.17) is 0 Å². The van der Waals surface area contributed by atoms with E-state index in [1.165, 1.54) is 10.6 Å². The molecule has 3 rings (SSSR count). The zero-order valence-corrected chi connectivity index (χ0v) is 18.3. The Labute approximate surface area is 210 Å². The van der Waals surface area contributed by atoms with Crippen molar-refractivity contribution in [3.05, 3.63) is 87.3 Å². The van der Waals surface area contributed by atoms with Gasteiger partial charge in [-0.1, -0.05) is 6.07 Å². The minimum atomic E-state index is -5.89. The Hall–Kier alpha value is -4.45. The summed E-state index contributed by atoms with van der Waals surface area (Å²) in [6, 6.07) is 2.01. The van der Waals surface area contributed by atoms with Crippen LogP contribution in [0.4, 0.5) is 72.8 Å². The zero-order chi connectivity index (χ0) is 30.5. The fourth-order valence-electron chi connectivity index (χ4n) is 3.02. The molecule has 0 radical (unpaired) electrons. The van der Waals surface area contributed by atoms with E-state index in [1.807, 2.05) is 0 Å². The molecular formula is C21H5F14N3O2. The predicted molar refractivity (Wildman–Crippen MR) is 103 cm³/mol. The molecule has 1 aromatic heterocycles. The van der Waals surface area contributed by atoms with Crippen molar-refractivity contribution in [2.75, 3.05) is 10.6 Å². The van der Waals surface area contributed by atoms with Crippen LogP contribution in [0.5, 0.6) is 0 Å². The number of aromatic nitrogens is 1. The topological polar surface area (TPSA) is 71.1 Å². The van der Waals surface area contributed by atoms with Crippen molar-refractivity contribution < 1.29 is 71.1 Å². The third-order valence-corrected chi connectivity index (χ3v) is 4.79. The number of nitrogens with zero attached hydrogens (tertiary/aromatic N) is 1. The lowest BCUT2D eigenvalue weighted by Gasteiger charge is -2.15.